The number of nitrogens with one attached hydrogen (secondary N) is 2. The van der Waals surface area contributed by atoms with Crippen LogP contribution in [0.1, 0.15) is 56.9 Å². The average molecular weight is 811 g/mol. The van der Waals surface area contributed by atoms with Crippen LogP contribution < -0.4 is 19.5 Å². The van der Waals surface area contributed by atoms with Gasteiger partial charge in [0, 0.05) is 42.8 Å². The number of fused-ring (bicyclic) bond motifs is 3. The lowest BCUT2D eigenvalue weighted by molar-refractivity contribution is -0.137. The molecular weight excluding hydrogens is 773 g/mol. The van der Waals surface area contributed by atoms with Crippen LogP contribution in [-0.4, -0.2) is 95.7 Å². The summed E-state index contributed by atoms with van der Waals surface area (Å²) in [6.45, 7) is 1.87. The van der Waals surface area contributed by atoms with Crippen LogP contribution in [0.5, 0.6) is 11.5 Å². The van der Waals surface area contributed by atoms with E-state index < -0.39 is 61.5 Å². The van der Waals surface area contributed by atoms with E-state index >= 15 is 0 Å². The van der Waals surface area contributed by atoms with Crippen LogP contribution in [0.25, 0.3) is 22.3 Å². The summed E-state index contributed by atoms with van der Waals surface area (Å²) in [5.41, 5.74) is -1.40. The molecule has 2 aliphatic heterocycles. The van der Waals surface area contributed by atoms with Crippen molar-refractivity contribution in [2.75, 3.05) is 27.2 Å². The number of thiazole rings is 1. The predicted molar refractivity (Wildman–Crippen MR) is 194 cm³/mol. The highest BCUT2D eigenvalue weighted by Gasteiger charge is 2.63. The van der Waals surface area contributed by atoms with Crippen molar-refractivity contribution in [1.82, 2.24) is 29.8 Å². The van der Waals surface area contributed by atoms with Crippen molar-refractivity contribution < 1.29 is 45.4 Å². The first kappa shape index (κ1) is 38.1. The Kier molecular flexibility index (Phi) is 9.78. The number of hydrogen-bond acceptors (Lipinski definition) is 10. The van der Waals surface area contributed by atoms with E-state index in [0.29, 0.717) is 49.0 Å². The molecule has 2 N–H and O–H groups in total. The molecule has 2 saturated carbocycles. The van der Waals surface area contributed by atoms with E-state index in [0.717, 1.165) is 6.42 Å². The molecule has 19 heteroatoms. The molecule has 3 fully saturated rings. The first-order valence-corrected chi connectivity index (χ1v) is 20.1. The van der Waals surface area contributed by atoms with Crippen LogP contribution in [0.15, 0.2) is 35.7 Å². The number of rotatable bonds is 7. The Morgan fingerprint density at radius 2 is 1.91 bits per heavy atom. The van der Waals surface area contributed by atoms with Gasteiger partial charge in [-0.3, -0.25) is 14.3 Å². The SMILES string of the molecule is COc1ccc2c(O[C@H]3C[C@H]4C(=O)N(C)CCCC/C=C/[C@@H]5C[C@@]5(C(=O)NS(=O)(=O)C5(C)CC5)NC(=O)N4C3)cc(-c3csc(C(F)(F)F)n3)nc2c1Cl. The number of alkyl halides is 3. The highest BCUT2D eigenvalue weighted by atomic mass is 35.5. The summed E-state index contributed by atoms with van der Waals surface area (Å²) in [6, 6.07) is 2.88. The lowest BCUT2D eigenvalue weighted by atomic mass is 10.1. The zero-order valence-corrected chi connectivity index (χ0v) is 31.9. The van der Waals surface area contributed by atoms with Gasteiger partial charge in [-0.15, -0.1) is 11.3 Å². The Bertz CT molecular complexity index is 2160. The molecule has 0 unspecified atom stereocenters. The van der Waals surface area contributed by atoms with Gasteiger partial charge in [-0.2, -0.15) is 13.2 Å². The van der Waals surface area contributed by atoms with Gasteiger partial charge >= 0.3 is 12.2 Å². The normalized spacial score (nSPS) is 26.3. The number of sulfonamides is 1. The number of hydrogen-bond donors (Lipinski definition) is 2. The Balaban J connectivity index is 1.21. The Labute approximate surface area is 318 Å². The zero-order chi connectivity index (χ0) is 38.8. The lowest BCUT2D eigenvalue weighted by Crippen LogP contribution is -2.58. The van der Waals surface area contributed by atoms with Crippen molar-refractivity contribution in [1.29, 1.82) is 0 Å². The number of pyridine rings is 1. The molecule has 1 aromatic carbocycles. The van der Waals surface area contributed by atoms with Crippen molar-refractivity contribution in [3.63, 3.8) is 0 Å². The summed E-state index contributed by atoms with van der Waals surface area (Å²) < 4.78 is 79.5. The van der Waals surface area contributed by atoms with Crippen LogP contribution in [0, 0.1) is 5.92 Å². The summed E-state index contributed by atoms with van der Waals surface area (Å²) >= 11 is 7.05. The lowest BCUT2D eigenvalue weighted by Gasteiger charge is -2.30. The van der Waals surface area contributed by atoms with E-state index in [2.05, 4.69) is 20.0 Å². The second-order valence-electron chi connectivity index (χ2n) is 14.4. The van der Waals surface area contributed by atoms with Gasteiger partial charge in [-0.05, 0) is 57.6 Å². The molecule has 2 aromatic heterocycles. The number of methoxy groups -OCH3 is 1. The Morgan fingerprint density at radius 3 is 2.59 bits per heavy atom. The molecule has 0 bridgehead atoms. The number of carbonyl (C=O) groups excluding carboxylic acids is 3. The summed E-state index contributed by atoms with van der Waals surface area (Å²) in [7, 11) is -0.961. The molecule has 3 aromatic rings. The molecule has 54 heavy (non-hydrogen) atoms. The molecule has 0 spiro atoms. The van der Waals surface area contributed by atoms with Crippen LogP contribution in [0.4, 0.5) is 18.0 Å². The zero-order valence-electron chi connectivity index (χ0n) is 29.5. The van der Waals surface area contributed by atoms with Crippen molar-refractivity contribution in [3.8, 4) is 22.9 Å². The predicted octanol–water partition coefficient (Wildman–Crippen LogP) is 5.53. The number of aromatic nitrogens is 2. The van der Waals surface area contributed by atoms with Crippen molar-refractivity contribution in [2.24, 2.45) is 5.92 Å². The molecule has 13 nitrogen and oxygen atoms in total. The maximum atomic E-state index is 14.2. The molecule has 4 amide bonds. The second-order valence-corrected chi connectivity index (χ2v) is 17.9. The Hall–Kier alpha value is -4.16. The highest BCUT2D eigenvalue weighted by molar-refractivity contribution is 7.91. The first-order valence-electron chi connectivity index (χ1n) is 17.4. The van der Waals surface area contributed by atoms with Gasteiger partial charge in [0.15, 0.2) is 5.01 Å². The fourth-order valence-corrected chi connectivity index (χ4v) is 9.18. The largest absolute Gasteiger partial charge is 0.495 e. The molecule has 0 radical (unpaired) electrons. The van der Waals surface area contributed by atoms with E-state index in [4.69, 9.17) is 21.1 Å². The standard InChI is InChI=1S/C35H38ClF3N6O7S2/c1-33(11-12-33)54(49,50)43-30(47)34-16-19(34)8-6-4-5-7-13-44(2)29(46)24-14-20(17-45(24)32(48)42-34)52-26-15-22(23-18-53-31(41-23)35(37,38)39)40-28-21(26)9-10-25(51-3)27(28)36/h6,8-10,15,18-20,24H,4-5,7,11-14,16-17H2,1-3H3,(H,42,48)(H,43,47)/b8-6+/t19-,20+,24+,34-/m1/s1. The maximum Gasteiger partial charge on any atom is 0.443 e. The smallest absolute Gasteiger partial charge is 0.443 e. The number of urea groups is 1. The number of halogens is 4. The molecule has 4 heterocycles. The van der Waals surface area contributed by atoms with Gasteiger partial charge in [0.05, 0.1) is 29.6 Å². The van der Waals surface area contributed by atoms with E-state index in [-0.39, 0.29) is 58.7 Å². The number of ether oxygens (including phenoxy) is 2. The van der Waals surface area contributed by atoms with Gasteiger partial charge in [0.25, 0.3) is 5.91 Å². The number of likely N-dealkylation sites (N-methyl/N-ethyl adjacent to an activating group) is 1. The molecule has 1 saturated heterocycles. The fourth-order valence-electron chi connectivity index (χ4n) is 6.90. The monoisotopic (exact) mass is 810 g/mol. The van der Waals surface area contributed by atoms with E-state index in [1.807, 2.05) is 12.2 Å². The van der Waals surface area contributed by atoms with Crippen molar-refractivity contribution >= 4 is 61.7 Å². The average Bonchev–Trinajstić information content (AvgIpc) is 3.88. The van der Waals surface area contributed by atoms with E-state index in [1.54, 1.807) is 31.0 Å². The number of allylic oxidation sites excluding steroid dienone is 1. The Morgan fingerprint density at radius 1 is 1.15 bits per heavy atom. The first-order chi connectivity index (χ1) is 25.5. The second kappa shape index (κ2) is 13.8. The fraction of sp³-hybridized carbons (Fsp3) is 0.514. The van der Waals surface area contributed by atoms with E-state index in [1.165, 1.54) is 23.5 Å². The van der Waals surface area contributed by atoms with Crippen molar-refractivity contribution in [3.05, 3.63) is 45.8 Å². The van der Waals surface area contributed by atoms with Gasteiger partial charge in [-0.25, -0.2) is 23.2 Å². The minimum absolute atomic E-state index is 0.0316. The third-order valence-corrected chi connectivity index (χ3v) is 14.0. The number of benzene rings is 1. The van der Waals surface area contributed by atoms with Gasteiger partial charge < -0.3 is 24.6 Å². The topological polar surface area (TPSA) is 160 Å². The molecule has 290 valence electrons. The third kappa shape index (κ3) is 7.07. The van der Waals surface area contributed by atoms with Crippen molar-refractivity contribution in [2.45, 2.75) is 80.5 Å². The van der Waals surface area contributed by atoms with E-state index in [9.17, 15) is 36.0 Å². The summed E-state index contributed by atoms with van der Waals surface area (Å²) in [6.07, 6.45) is 1.39. The summed E-state index contributed by atoms with van der Waals surface area (Å²) in [5, 5.41) is 3.44. The third-order valence-electron chi connectivity index (χ3n) is 10.6. The van der Waals surface area contributed by atoms with Gasteiger partial charge in [0.1, 0.15) is 39.9 Å². The van der Waals surface area contributed by atoms with Crippen LogP contribution >= 0.6 is 22.9 Å². The molecule has 4 atom stereocenters. The van der Waals surface area contributed by atoms with Crippen LogP contribution in [0.2, 0.25) is 5.02 Å². The quantitative estimate of drug-likeness (QED) is 0.293. The number of carbonyl (C=O) groups is 3. The van der Waals surface area contributed by atoms with Crippen LogP contribution in [-0.2, 0) is 25.8 Å². The minimum Gasteiger partial charge on any atom is -0.495 e. The van der Waals surface area contributed by atoms with Gasteiger partial charge in [-0.1, -0.05) is 23.8 Å². The van der Waals surface area contributed by atoms with Gasteiger partial charge in [0.2, 0.25) is 15.9 Å². The minimum atomic E-state index is -4.67. The summed E-state index contributed by atoms with van der Waals surface area (Å²) in [5.74, 6) is -1.22. The number of nitrogens with zero attached hydrogens (tertiary/aromatic N) is 4. The summed E-state index contributed by atoms with van der Waals surface area (Å²) in [4.78, 5) is 52.9. The molecular formula is C35H38ClF3N6O7S2. The molecule has 2 aliphatic carbocycles. The molecule has 4 aliphatic rings. The number of amides is 4. The molecule has 7 rings (SSSR count). The maximum absolute atomic E-state index is 14.2. The van der Waals surface area contributed by atoms with Crippen LogP contribution in [0.3, 0.4) is 0 Å². The highest BCUT2D eigenvalue weighted by Crippen LogP contribution is 2.48.